The maximum atomic E-state index is 13.0. The summed E-state index contributed by atoms with van der Waals surface area (Å²) in [7, 11) is -2.11. The predicted molar refractivity (Wildman–Crippen MR) is 119 cm³/mol. The van der Waals surface area contributed by atoms with E-state index in [1.54, 1.807) is 6.07 Å². The first-order valence-corrected chi connectivity index (χ1v) is 11.9. The molecule has 2 aromatic carbocycles. The summed E-state index contributed by atoms with van der Waals surface area (Å²) in [6.07, 6.45) is 3.54. The molecule has 8 heteroatoms. The monoisotopic (exact) mass is 450 g/mol. The largest absolute Gasteiger partial charge is 0.495 e. The van der Waals surface area contributed by atoms with E-state index in [1.165, 1.54) is 23.5 Å². The molecular formula is C22H27ClN2O4S. The van der Waals surface area contributed by atoms with Gasteiger partial charge in [0.2, 0.25) is 15.9 Å². The summed E-state index contributed by atoms with van der Waals surface area (Å²) in [6, 6.07) is 10.3. The smallest absolute Gasteiger partial charge is 0.243 e. The molecular weight excluding hydrogens is 424 g/mol. The van der Waals surface area contributed by atoms with Crippen LogP contribution in [0.5, 0.6) is 5.75 Å². The molecule has 1 heterocycles. The molecule has 30 heavy (non-hydrogen) atoms. The first-order valence-electron chi connectivity index (χ1n) is 10.0. The van der Waals surface area contributed by atoms with E-state index in [-0.39, 0.29) is 17.2 Å². The molecule has 6 nitrogen and oxygen atoms in total. The van der Waals surface area contributed by atoms with E-state index < -0.39 is 10.0 Å². The molecule has 1 amide bonds. The van der Waals surface area contributed by atoms with Crippen molar-refractivity contribution in [3.63, 3.8) is 0 Å². The van der Waals surface area contributed by atoms with Crippen LogP contribution < -0.4 is 10.1 Å². The Morgan fingerprint density at radius 1 is 1.13 bits per heavy atom. The minimum atomic E-state index is -3.60. The first-order chi connectivity index (χ1) is 14.3. The van der Waals surface area contributed by atoms with Gasteiger partial charge in [0.05, 0.1) is 17.7 Å². The molecule has 0 unspecified atom stereocenters. The molecule has 0 aliphatic carbocycles. The molecule has 0 spiro atoms. The summed E-state index contributed by atoms with van der Waals surface area (Å²) < 4.78 is 32.7. The van der Waals surface area contributed by atoms with Gasteiger partial charge in [-0.3, -0.25) is 4.79 Å². The number of nitrogens with zero attached hydrogens (tertiary/aromatic N) is 1. The number of benzene rings is 2. The SMILES string of the molecule is COc1ccc(S(=O)(=O)N2CCCCC2)cc1NC(=O)CCc1ccc(C)c(Cl)c1. The number of methoxy groups -OCH3 is 1. The molecule has 0 radical (unpaired) electrons. The number of hydrogen-bond acceptors (Lipinski definition) is 4. The van der Waals surface area contributed by atoms with Crippen molar-refractivity contribution in [1.29, 1.82) is 0 Å². The average Bonchev–Trinajstić information content (AvgIpc) is 2.75. The maximum absolute atomic E-state index is 13.0. The van der Waals surface area contributed by atoms with E-state index in [1.807, 2.05) is 25.1 Å². The van der Waals surface area contributed by atoms with Crippen LogP contribution in [0.25, 0.3) is 0 Å². The lowest BCUT2D eigenvalue weighted by atomic mass is 10.1. The molecule has 0 aromatic heterocycles. The van der Waals surface area contributed by atoms with E-state index in [0.717, 1.165) is 30.4 Å². The number of hydrogen-bond donors (Lipinski definition) is 1. The summed E-state index contributed by atoms with van der Waals surface area (Å²) in [5.41, 5.74) is 2.30. The second-order valence-corrected chi connectivity index (χ2v) is 9.80. The van der Waals surface area contributed by atoms with E-state index in [9.17, 15) is 13.2 Å². The highest BCUT2D eigenvalue weighted by atomic mass is 35.5. The molecule has 0 bridgehead atoms. The van der Waals surface area contributed by atoms with Crippen molar-refractivity contribution in [1.82, 2.24) is 4.31 Å². The van der Waals surface area contributed by atoms with E-state index in [2.05, 4.69) is 5.32 Å². The summed E-state index contributed by atoms with van der Waals surface area (Å²) in [4.78, 5) is 12.7. The van der Waals surface area contributed by atoms with E-state index in [0.29, 0.717) is 36.0 Å². The Morgan fingerprint density at radius 3 is 2.53 bits per heavy atom. The van der Waals surface area contributed by atoms with Gasteiger partial charge in [-0.05, 0) is 61.6 Å². The van der Waals surface area contributed by atoms with Gasteiger partial charge in [0, 0.05) is 24.5 Å². The first kappa shape index (κ1) is 22.6. The number of carbonyl (C=O) groups is 1. The third kappa shape index (κ3) is 5.33. The average molecular weight is 451 g/mol. The zero-order valence-corrected chi connectivity index (χ0v) is 18.9. The molecule has 1 aliphatic rings. The van der Waals surface area contributed by atoms with Crippen molar-refractivity contribution >= 4 is 33.2 Å². The van der Waals surface area contributed by atoms with Crippen LogP contribution in [-0.4, -0.2) is 38.8 Å². The van der Waals surface area contributed by atoms with Crippen molar-refractivity contribution in [2.75, 3.05) is 25.5 Å². The number of halogens is 1. The summed E-state index contributed by atoms with van der Waals surface area (Å²) >= 11 is 6.14. The van der Waals surface area contributed by atoms with E-state index in [4.69, 9.17) is 16.3 Å². The lowest BCUT2D eigenvalue weighted by molar-refractivity contribution is -0.116. The molecule has 1 N–H and O–H groups in total. The lowest BCUT2D eigenvalue weighted by Crippen LogP contribution is -2.35. The van der Waals surface area contributed by atoms with Crippen LogP contribution in [0, 0.1) is 6.92 Å². The van der Waals surface area contributed by atoms with Crippen molar-refractivity contribution < 1.29 is 17.9 Å². The van der Waals surface area contributed by atoms with Gasteiger partial charge in [0.25, 0.3) is 0 Å². The molecule has 3 rings (SSSR count). The molecule has 1 aliphatic heterocycles. The Hall–Kier alpha value is -2.09. The number of ether oxygens (including phenoxy) is 1. The number of anilines is 1. The number of sulfonamides is 1. The van der Waals surface area contributed by atoms with Gasteiger partial charge in [0.1, 0.15) is 5.75 Å². The lowest BCUT2D eigenvalue weighted by Gasteiger charge is -2.26. The number of rotatable bonds is 7. The molecule has 2 aromatic rings. The Kier molecular flexibility index (Phi) is 7.39. The predicted octanol–water partition coefficient (Wildman–Crippen LogP) is 4.40. The zero-order valence-electron chi connectivity index (χ0n) is 17.3. The van der Waals surface area contributed by atoms with Crippen LogP contribution in [0.1, 0.15) is 36.8 Å². The van der Waals surface area contributed by atoms with Crippen LogP contribution >= 0.6 is 11.6 Å². The quantitative estimate of drug-likeness (QED) is 0.678. The summed E-state index contributed by atoms with van der Waals surface area (Å²) in [6.45, 7) is 2.97. The molecule has 1 saturated heterocycles. The Morgan fingerprint density at radius 2 is 1.87 bits per heavy atom. The van der Waals surface area contributed by atoms with Gasteiger partial charge < -0.3 is 10.1 Å². The number of aryl methyl sites for hydroxylation is 2. The fourth-order valence-electron chi connectivity index (χ4n) is 3.46. The molecule has 0 saturated carbocycles. The van der Waals surface area contributed by atoms with Gasteiger partial charge >= 0.3 is 0 Å². The number of carbonyl (C=O) groups excluding carboxylic acids is 1. The second-order valence-electron chi connectivity index (χ2n) is 7.46. The molecule has 0 atom stereocenters. The minimum absolute atomic E-state index is 0.158. The maximum Gasteiger partial charge on any atom is 0.243 e. The highest BCUT2D eigenvalue weighted by Crippen LogP contribution is 2.30. The zero-order chi connectivity index (χ0) is 21.7. The number of amides is 1. The van der Waals surface area contributed by atoms with Gasteiger partial charge in [-0.1, -0.05) is 30.2 Å². The number of piperidine rings is 1. The van der Waals surface area contributed by atoms with Crippen LogP contribution in [0.4, 0.5) is 5.69 Å². The minimum Gasteiger partial charge on any atom is -0.495 e. The fourth-order valence-corrected chi connectivity index (χ4v) is 5.21. The van der Waals surface area contributed by atoms with Gasteiger partial charge in [-0.15, -0.1) is 0 Å². The fraction of sp³-hybridized carbons (Fsp3) is 0.409. The van der Waals surface area contributed by atoms with Crippen LogP contribution in [-0.2, 0) is 21.2 Å². The van der Waals surface area contributed by atoms with Crippen molar-refractivity contribution in [2.45, 2.75) is 43.9 Å². The van der Waals surface area contributed by atoms with Crippen molar-refractivity contribution in [3.05, 3.63) is 52.5 Å². The van der Waals surface area contributed by atoms with Gasteiger partial charge in [-0.25, -0.2) is 8.42 Å². The summed E-state index contributed by atoms with van der Waals surface area (Å²) in [5.74, 6) is 0.192. The second kappa shape index (κ2) is 9.81. The standard InChI is InChI=1S/C22H27ClN2O4S/c1-16-6-7-17(14-19(16)23)8-11-22(26)24-20-15-18(9-10-21(20)29-2)30(27,28)25-12-4-3-5-13-25/h6-7,9-10,14-15H,3-5,8,11-13H2,1-2H3,(H,24,26). The Balaban J connectivity index is 1.73. The van der Waals surface area contributed by atoms with Crippen LogP contribution in [0.2, 0.25) is 5.02 Å². The third-order valence-corrected chi connectivity index (χ3v) is 7.58. The highest BCUT2D eigenvalue weighted by Gasteiger charge is 2.27. The number of nitrogens with one attached hydrogen (secondary N) is 1. The van der Waals surface area contributed by atoms with Crippen LogP contribution in [0.3, 0.4) is 0 Å². The van der Waals surface area contributed by atoms with Gasteiger partial charge in [0.15, 0.2) is 0 Å². The van der Waals surface area contributed by atoms with E-state index >= 15 is 0 Å². The van der Waals surface area contributed by atoms with Crippen LogP contribution in [0.15, 0.2) is 41.3 Å². The van der Waals surface area contributed by atoms with Crippen molar-refractivity contribution in [3.8, 4) is 5.75 Å². The normalized spacial score (nSPS) is 15.0. The third-order valence-electron chi connectivity index (χ3n) is 5.27. The Bertz CT molecular complexity index is 1020. The molecule has 1 fully saturated rings. The Labute approximate surface area is 183 Å². The van der Waals surface area contributed by atoms with Gasteiger partial charge in [-0.2, -0.15) is 4.31 Å². The highest BCUT2D eigenvalue weighted by molar-refractivity contribution is 7.89. The van der Waals surface area contributed by atoms with Crippen molar-refractivity contribution in [2.24, 2.45) is 0 Å². The summed E-state index contributed by atoms with van der Waals surface area (Å²) in [5, 5.41) is 3.46. The topological polar surface area (TPSA) is 75.7 Å². The molecule has 162 valence electrons.